The lowest BCUT2D eigenvalue weighted by atomic mass is 10.0. The number of amides is 1. The fraction of sp³-hybridized carbons (Fsp3) is 0.500. The van der Waals surface area contributed by atoms with Crippen LogP contribution in [-0.2, 0) is 14.6 Å². The van der Waals surface area contributed by atoms with Gasteiger partial charge in [0.2, 0.25) is 5.91 Å². The molecule has 1 aromatic carbocycles. The topological polar surface area (TPSA) is 54.5 Å². The molecule has 2 aliphatic rings. The van der Waals surface area contributed by atoms with Gasteiger partial charge in [-0.1, -0.05) is 17.7 Å². The Morgan fingerprint density at radius 2 is 1.95 bits per heavy atom. The second kappa shape index (κ2) is 4.07. The van der Waals surface area contributed by atoms with Crippen molar-refractivity contribution in [3.8, 4) is 0 Å². The molecule has 0 aromatic heterocycles. The van der Waals surface area contributed by atoms with Crippen LogP contribution in [0.15, 0.2) is 18.2 Å². The van der Waals surface area contributed by atoms with Gasteiger partial charge in [-0.3, -0.25) is 4.79 Å². The molecule has 2 fully saturated rings. The third-order valence-electron chi connectivity index (χ3n) is 4.09. The molecule has 1 amide bonds. The van der Waals surface area contributed by atoms with E-state index >= 15 is 0 Å². The van der Waals surface area contributed by atoms with Crippen molar-refractivity contribution in [3.63, 3.8) is 0 Å². The van der Waals surface area contributed by atoms with Crippen molar-refractivity contribution in [1.82, 2.24) is 0 Å². The lowest BCUT2D eigenvalue weighted by molar-refractivity contribution is -0.117. The van der Waals surface area contributed by atoms with Gasteiger partial charge in [0.1, 0.15) is 0 Å². The first-order valence-corrected chi connectivity index (χ1v) is 8.29. The maximum Gasteiger partial charge on any atom is 0.227 e. The first kappa shape index (κ1) is 12.7. The van der Waals surface area contributed by atoms with Gasteiger partial charge < -0.3 is 4.90 Å². The fourth-order valence-electron chi connectivity index (χ4n) is 3.28. The molecule has 102 valence electrons. The van der Waals surface area contributed by atoms with E-state index in [0.29, 0.717) is 6.42 Å². The monoisotopic (exact) mass is 279 g/mol. The Hall–Kier alpha value is -1.36. The number of rotatable bonds is 1. The highest BCUT2D eigenvalue weighted by atomic mass is 32.2. The standard InChI is InChI=1S/C14H17NO3S/c1-9-3-4-12(10(2)5-9)15-13-8-19(17,18)7-11(13)6-14(15)16/h3-5,11,13H,6-8H2,1-2H3/t11-,13+/m0/s1. The van der Waals surface area contributed by atoms with Gasteiger partial charge in [0.25, 0.3) is 0 Å². The molecular formula is C14H17NO3S. The first-order chi connectivity index (χ1) is 8.87. The van der Waals surface area contributed by atoms with Crippen LogP contribution in [0.25, 0.3) is 0 Å². The van der Waals surface area contributed by atoms with Crippen molar-refractivity contribution in [3.05, 3.63) is 29.3 Å². The number of sulfone groups is 1. The SMILES string of the molecule is Cc1ccc(N2C(=O)C[C@H]3CS(=O)(=O)C[C@H]32)c(C)c1. The quantitative estimate of drug-likeness (QED) is 0.782. The summed E-state index contributed by atoms with van der Waals surface area (Å²) in [4.78, 5) is 13.9. The van der Waals surface area contributed by atoms with Gasteiger partial charge in [-0.15, -0.1) is 0 Å². The van der Waals surface area contributed by atoms with E-state index in [0.717, 1.165) is 16.8 Å². The maximum atomic E-state index is 12.2. The fourth-order valence-corrected chi connectivity index (χ4v) is 5.35. The van der Waals surface area contributed by atoms with Crippen molar-refractivity contribution in [2.24, 2.45) is 5.92 Å². The maximum absolute atomic E-state index is 12.2. The van der Waals surface area contributed by atoms with E-state index in [1.807, 2.05) is 32.0 Å². The molecule has 1 aromatic rings. The summed E-state index contributed by atoms with van der Waals surface area (Å²) in [5.74, 6) is 0.289. The predicted octanol–water partition coefficient (Wildman–Crippen LogP) is 1.45. The Bertz CT molecular complexity index is 651. The molecule has 0 N–H and O–H groups in total. The largest absolute Gasteiger partial charge is 0.308 e. The number of benzene rings is 1. The third-order valence-corrected chi connectivity index (χ3v) is 5.87. The molecule has 0 bridgehead atoms. The second-order valence-electron chi connectivity index (χ2n) is 5.66. The Morgan fingerprint density at radius 1 is 1.21 bits per heavy atom. The van der Waals surface area contributed by atoms with Crippen LogP contribution in [0.5, 0.6) is 0 Å². The van der Waals surface area contributed by atoms with E-state index in [2.05, 4.69) is 0 Å². The Balaban J connectivity index is 2.02. The van der Waals surface area contributed by atoms with E-state index in [1.165, 1.54) is 0 Å². The van der Waals surface area contributed by atoms with E-state index in [-0.39, 0.29) is 29.4 Å². The third kappa shape index (κ3) is 2.06. The minimum Gasteiger partial charge on any atom is -0.308 e. The molecule has 2 aliphatic heterocycles. The zero-order chi connectivity index (χ0) is 13.8. The smallest absolute Gasteiger partial charge is 0.227 e. The second-order valence-corrected chi connectivity index (χ2v) is 7.82. The summed E-state index contributed by atoms with van der Waals surface area (Å²) in [6, 6.07) is 5.75. The van der Waals surface area contributed by atoms with Crippen LogP contribution in [0, 0.1) is 19.8 Å². The molecule has 4 nitrogen and oxygen atoms in total. The summed E-state index contributed by atoms with van der Waals surface area (Å²) in [5, 5.41) is 0. The molecule has 0 radical (unpaired) electrons. The number of anilines is 1. The van der Waals surface area contributed by atoms with Crippen LogP contribution in [0.2, 0.25) is 0 Å². The Labute approximate surface area is 113 Å². The summed E-state index contributed by atoms with van der Waals surface area (Å²) in [6.07, 6.45) is 0.358. The number of carbonyl (C=O) groups is 1. The van der Waals surface area contributed by atoms with Gasteiger partial charge in [0.15, 0.2) is 9.84 Å². The minimum atomic E-state index is -2.98. The molecule has 2 atom stereocenters. The highest BCUT2D eigenvalue weighted by Gasteiger charge is 2.49. The molecule has 0 aliphatic carbocycles. The van der Waals surface area contributed by atoms with Crippen LogP contribution in [0.3, 0.4) is 0 Å². The Kier molecular flexibility index (Phi) is 2.71. The normalized spacial score (nSPS) is 28.7. The van der Waals surface area contributed by atoms with Gasteiger partial charge >= 0.3 is 0 Å². The van der Waals surface area contributed by atoms with E-state index in [4.69, 9.17) is 0 Å². The molecule has 19 heavy (non-hydrogen) atoms. The molecule has 2 saturated heterocycles. The number of carbonyl (C=O) groups excluding carboxylic acids is 1. The summed E-state index contributed by atoms with van der Waals surface area (Å²) < 4.78 is 23.5. The van der Waals surface area contributed by atoms with Crippen LogP contribution in [0.1, 0.15) is 17.5 Å². The molecule has 0 saturated carbocycles. The van der Waals surface area contributed by atoms with Crippen LogP contribution in [0.4, 0.5) is 5.69 Å². The van der Waals surface area contributed by atoms with E-state index in [1.54, 1.807) is 4.90 Å². The van der Waals surface area contributed by atoms with Gasteiger partial charge in [-0.05, 0) is 25.5 Å². The summed E-state index contributed by atoms with van der Waals surface area (Å²) >= 11 is 0. The van der Waals surface area contributed by atoms with E-state index in [9.17, 15) is 13.2 Å². The minimum absolute atomic E-state index is 0.0294. The Morgan fingerprint density at radius 3 is 2.63 bits per heavy atom. The summed E-state index contributed by atoms with van der Waals surface area (Å²) in [7, 11) is -2.98. The van der Waals surface area contributed by atoms with Crippen molar-refractivity contribution >= 4 is 21.4 Å². The zero-order valence-corrected chi connectivity index (χ0v) is 11.9. The van der Waals surface area contributed by atoms with Gasteiger partial charge in [0.05, 0.1) is 17.5 Å². The number of aryl methyl sites for hydroxylation is 2. The lowest BCUT2D eigenvalue weighted by Gasteiger charge is -2.25. The molecule has 5 heteroatoms. The lowest BCUT2D eigenvalue weighted by Crippen LogP contribution is -2.36. The van der Waals surface area contributed by atoms with E-state index < -0.39 is 9.84 Å². The molecule has 0 spiro atoms. The predicted molar refractivity (Wildman–Crippen MR) is 74.0 cm³/mol. The number of fused-ring (bicyclic) bond motifs is 1. The highest BCUT2D eigenvalue weighted by Crippen LogP contribution is 2.38. The molecule has 3 rings (SSSR count). The van der Waals surface area contributed by atoms with Crippen LogP contribution in [-0.4, -0.2) is 31.9 Å². The average molecular weight is 279 g/mol. The molecule has 0 unspecified atom stereocenters. The van der Waals surface area contributed by atoms with Crippen LogP contribution < -0.4 is 4.90 Å². The first-order valence-electron chi connectivity index (χ1n) is 6.47. The van der Waals surface area contributed by atoms with Crippen molar-refractivity contribution in [2.75, 3.05) is 16.4 Å². The summed E-state index contributed by atoms with van der Waals surface area (Å²) in [5.41, 5.74) is 3.03. The van der Waals surface area contributed by atoms with Crippen LogP contribution >= 0.6 is 0 Å². The highest BCUT2D eigenvalue weighted by molar-refractivity contribution is 7.91. The summed E-state index contributed by atoms with van der Waals surface area (Å²) in [6.45, 7) is 3.97. The van der Waals surface area contributed by atoms with Gasteiger partial charge in [-0.25, -0.2) is 8.42 Å². The average Bonchev–Trinajstić information content (AvgIpc) is 2.70. The van der Waals surface area contributed by atoms with Crippen molar-refractivity contribution in [2.45, 2.75) is 26.3 Å². The molecular weight excluding hydrogens is 262 g/mol. The zero-order valence-electron chi connectivity index (χ0n) is 11.1. The van der Waals surface area contributed by atoms with Gasteiger partial charge in [-0.2, -0.15) is 0 Å². The number of nitrogens with zero attached hydrogens (tertiary/aromatic N) is 1. The van der Waals surface area contributed by atoms with Gasteiger partial charge in [0, 0.05) is 18.0 Å². The van der Waals surface area contributed by atoms with Crippen molar-refractivity contribution < 1.29 is 13.2 Å². The molecule has 2 heterocycles. The van der Waals surface area contributed by atoms with Crippen molar-refractivity contribution in [1.29, 1.82) is 0 Å². The number of hydrogen-bond donors (Lipinski definition) is 0. The number of hydrogen-bond acceptors (Lipinski definition) is 3.